The van der Waals surface area contributed by atoms with E-state index in [1.807, 2.05) is 11.9 Å². The summed E-state index contributed by atoms with van der Waals surface area (Å²) in [6.45, 7) is 1.49. The van der Waals surface area contributed by atoms with Crippen molar-refractivity contribution in [1.29, 1.82) is 0 Å². The van der Waals surface area contributed by atoms with Gasteiger partial charge in [-0.25, -0.2) is 0 Å². The molecule has 0 spiro atoms. The van der Waals surface area contributed by atoms with Crippen molar-refractivity contribution in [2.24, 2.45) is 5.92 Å². The SMILES string of the molecule is CN1C[C@@H]2CCC[C@@H]2NCC1=O. The van der Waals surface area contributed by atoms with Crippen molar-refractivity contribution in [3.8, 4) is 0 Å². The molecule has 1 saturated carbocycles. The second-order valence-electron chi connectivity index (χ2n) is 3.95. The van der Waals surface area contributed by atoms with E-state index in [4.69, 9.17) is 0 Å². The minimum atomic E-state index is 0.240. The minimum absolute atomic E-state index is 0.240. The molecular formula is C9H16N2O. The number of likely N-dealkylation sites (N-methyl/N-ethyl adjacent to an activating group) is 1. The van der Waals surface area contributed by atoms with Gasteiger partial charge < -0.3 is 10.2 Å². The standard InChI is InChI=1S/C9H16N2O/c1-11-6-7-3-2-4-8(7)10-5-9(11)12/h7-8,10H,2-6H2,1H3/t7-,8-/m0/s1. The summed E-state index contributed by atoms with van der Waals surface area (Å²) in [5.74, 6) is 0.950. The van der Waals surface area contributed by atoms with E-state index in [0.717, 1.165) is 6.54 Å². The largest absolute Gasteiger partial charge is 0.344 e. The lowest BCUT2D eigenvalue weighted by Crippen LogP contribution is -2.33. The fourth-order valence-corrected chi connectivity index (χ4v) is 2.33. The van der Waals surface area contributed by atoms with Gasteiger partial charge in [-0.2, -0.15) is 0 Å². The van der Waals surface area contributed by atoms with Gasteiger partial charge in [-0.15, -0.1) is 0 Å². The van der Waals surface area contributed by atoms with Gasteiger partial charge in [-0.1, -0.05) is 6.42 Å². The Balaban J connectivity index is 2.05. The molecule has 3 heteroatoms. The highest BCUT2D eigenvalue weighted by Crippen LogP contribution is 2.27. The van der Waals surface area contributed by atoms with Crippen LogP contribution in [0.2, 0.25) is 0 Å². The molecule has 68 valence electrons. The second-order valence-corrected chi connectivity index (χ2v) is 3.95. The molecule has 2 atom stereocenters. The summed E-state index contributed by atoms with van der Waals surface area (Å²) in [6, 6.07) is 0.610. The fraction of sp³-hybridized carbons (Fsp3) is 0.889. The third kappa shape index (κ3) is 1.33. The molecule has 0 radical (unpaired) electrons. The molecule has 1 aliphatic heterocycles. The van der Waals surface area contributed by atoms with Crippen LogP contribution in [0, 0.1) is 5.92 Å². The summed E-state index contributed by atoms with van der Waals surface area (Å²) in [6.07, 6.45) is 3.87. The molecule has 2 rings (SSSR count). The maximum absolute atomic E-state index is 11.3. The van der Waals surface area contributed by atoms with E-state index in [0.29, 0.717) is 18.5 Å². The highest BCUT2D eigenvalue weighted by molar-refractivity contribution is 5.78. The average Bonchev–Trinajstić information content (AvgIpc) is 2.43. The van der Waals surface area contributed by atoms with E-state index < -0.39 is 0 Å². The number of amides is 1. The number of carbonyl (C=O) groups excluding carboxylic acids is 1. The van der Waals surface area contributed by atoms with Crippen molar-refractivity contribution in [2.75, 3.05) is 20.1 Å². The number of nitrogens with one attached hydrogen (secondary N) is 1. The van der Waals surface area contributed by atoms with Crippen LogP contribution in [0.3, 0.4) is 0 Å². The van der Waals surface area contributed by atoms with Crippen LogP contribution in [0.4, 0.5) is 0 Å². The molecule has 1 aliphatic carbocycles. The molecule has 2 aliphatic rings. The Morgan fingerprint density at radius 2 is 2.33 bits per heavy atom. The molecule has 1 amide bonds. The van der Waals surface area contributed by atoms with Crippen LogP contribution in [-0.4, -0.2) is 37.0 Å². The predicted molar refractivity (Wildman–Crippen MR) is 46.8 cm³/mol. The lowest BCUT2D eigenvalue weighted by Gasteiger charge is -2.19. The van der Waals surface area contributed by atoms with Crippen LogP contribution in [0.5, 0.6) is 0 Å². The third-order valence-electron chi connectivity index (χ3n) is 3.11. The number of rotatable bonds is 0. The molecule has 12 heavy (non-hydrogen) atoms. The predicted octanol–water partition coefficient (Wildman–Crippen LogP) is 0.217. The topological polar surface area (TPSA) is 32.3 Å². The first-order valence-electron chi connectivity index (χ1n) is 4.75. The van der Waals surface area contributed by atoms with E-state index in [-0.39, 0.29) is 5.91 Å². The average molecular weight is 168 g/mol. The number of fused-ring (bicyclic) bond motifs is 1. The number of nitrogens with zero attached hydrogens (tertiary/aromatic N) is 1. The second kappa shape index (κ2) is 3.05. The van der Waals surface area contributed by atoms with Gasteiger partial charge in [0.1, 0.15) is 0 Å². The molecule has 0 aromatic carbocycles. The first-order valence-corrected chi connectivity index (χ1v) is 4.75. The summed E-state index contributed by atoms with van der Waals surface area (Å²) >= 11 is 0. The van der Waals surface area contributed by atoms with E-state index in [9.17, 15) is 4.79 Å². The van der Waals surface area contributed by atoms with Crippen LogP contribution >= 0.6 is 0 Å². The maximum atomic E-state index is 11.3. The Hall–Kier alpha value is -0.570. The molecule has 1 saturated heterocycles. The zero-order valence-corrected chi connectivity index (χ0v) is 7.55. The monoisotopic (exact) mass is 168 g/mol. The van der Waals surface area contributed by atoms with Gasteiger partial charge in [0.2, 0.25) is 5.91 Å². The van der Waals surface area contributed by atoms with Crippen LogP contribution in [0.15, 0.2) is 0 Å². The number of hydrogen-bond donors (Lipinski definition) is 1. The smallest absolute Gasteiger partial charge is 0.236 e. The maximum Gasteiger partial charge on any atom is 0.236 e. The van der Waals surface area contributed by atoms with Crippen molar-refractivity contribution >= 4 is 5.91 Å². The summed E-state index contributed by atoms with van der Waals surface area (Å²) in [7, 11) is 1.91. The Bertz CT molecular complexity index is 193. The molecule has 1 heterocycles. The quantitative estimate of drug-likeness (QED) is 0.561. The summed E-state index contributed by atoms with van der Waals surface area (Å²) < 4.78 is 0. The van der Waals surface area contributed by atoms with Crippen molar-refractivity contribution in [1.82, 2.24) is 10.2 Å². The zero-order valence-electron chi connectivity index (χ0n) is 7.55. The van der Waals surface area contributed by atoms with Gasteiger partial charge in [0.25, 0.3) is 0 Å². The van der Waals surface area contributed by atoms with Crippen LogP contribution < -0.4 is 5.32 Å². The first-order chi connectivity index (χ1) is 5.77. The molecule has 1 N–H and O–H groups in total. The minimum Gasteiger partial charge on any atom is -0.344 e. The molecule has 2 fully saturated rings. The van der Waals surface area contributed by atoms with Crippen LogP contribution in [0.1, 0.15) is 19.3 Å². The Kier molecular flexibility index (Phi) is 2.05. The van der Waals surface area contributed by atoms with Crippen molar-refractivity contribution in [2.45, 2.75) is 25.3 Å². The van der Waals surface area contributed by atoms with E-state index in [1.165, 1.54) is 19.3 Å². The van der Waals surface area contributed by atoms with E-state index in [2.05, 4.69) is 5.32 Å². The lowest BCUT2D eigenvalue weighted by atomic mass is 10.0. The summed E-state index contributed by atoms with van der Waals surface area (Å²) in [5, 5.41) is 3.33. The molecular weight excluding hydrogens is 152 g/mol. The summed E-state index contributed by atoms with van der Waals surface area (Å²) in [4.78, 5) is 13.2. The molecule has 0 aromatic heterocycles. The molecule has 0 unspecified atom stereocenters. The highest BCUT2D eigenvalue weighted by atomic mass is 16.2. The van der Waals surface area contributed by atoms with Gasteiger partial charge >= 0.3 is 0 Å². The van der Waals surface area contributed by atoms with E-state index >= 15 is 0 Å². The third-order valence-corrected chi connectivity index (χ3v) is 3.11. The normalized spacial score (nSPS) is 36.4. The van der Waals surface area contributed by atoms with Crippen LogP contribution in [0.25, 0.3) is 0 Å². The Labute approximate surface area is 73.1 Å². The van der Waals surface area contributed by atoms with Gasteiger partial charge in [0.05, 0.1) is 6.54 Å². The van der Waals surface area contributed by atoms with Gasteiger partial charge in [0, 0.05) is 19.6 Å². The Morgan fingerprint density at radius 1 is 1.50 bits per heavy atom. The van der Waals surface area contributed by atoms with Crippen LogP contribution in [-0.2, 0) is 4.79 Å². The first kappa shape index (κ1) is 8.05. The van der Waals surface area contributed by atoms with E-state index in [1.54, 1.807) is 0 Å². The highest BCUT2D eigenvalue weighted by Gasteiger charge is 2.31. The van der Waals surface area contributed by atoms with Gasteiger partial charge in [-0.3, -0.25) is 4.79 Å². The number of carbonyl (C=O) groups is 1. The molecule has 0 aromatic rings. The fourth-order valence-electron chi connectivity index (χ4n) is 2.33. The van der Waals surface area contributed by atoms with Crippen molar-refractivity contribution < 1.29 is 4.79 Å². The number of hydrogen-bond acceptors (Lipinski definition) is 2. The van der Waals surface area contributed by atoms with Gasteiger partial charge in [-0.05, 0) is 18.8 Å². The van der Waals surface area contributed by atoms with Crippen molar-refractivity contribution in [3.63, 3.8) is 0 Å². The zero-order chi connectivity index (χ0) is 8.55. The van der Waals surface area contributed by atoms with Gasteiger partial charge in [0.15, 0.2) is 0 Å². The Morgan fingerprint density at radius 3 is 3.17 bits per heavy atom. The molecule has 3 nitrogen and oxygen atoms in total. The molecule has 0 bridgehead atoms. The lowest BCUT2D eigenvalue weighted by molar-refractivity contribution is -0.128. The summed E-state index contributed by atoms with van der Waals surface area (Å²) in [5.41, 5.74) is 0. The van der Waals surface area contributed by atoms with Crippen molar-refractivity contribution in [3.05, 3.63) is 0 Å².